The van der Waals surface area contributed by atoms with Crippen molar-refractivity contribution in [2.45, 2.75) is 19.9 Å². The summed E-state index contributed by atoms with van der Waals surface area (Å²) in [4.78, 5) is 0. The summed E-state index contributed by atoms with van der Waals surface area (Å²) in [6.07, 6.45) is 4.78. The molecule has 0 aliphatic rings. The minimum absolute atomic E-state index is 0.679. The second-order valence-electron chi connectivity index (χ2n) is 4.54. The smallest absolute Gasteiger partial charge is 0.119 e. The molecule has 0 fully saturated rings. The minimum atomic E-state index is 0.679. The summed E-state index contributed by atoms with van der Waals surface area (Å²) < 4.78 is 7.53. The summed E-state index contributed by atoms with van der Waals surface area (Å²) >= 11 is 0. The summed E-state index contributed by atoms with van der Waals surface area (Å²) in [5.74, 6) is 0.920. The van der Waals surface area contributed by atoms with Crippen LogP contribution in [0.3, 0.4) is 0 Å². The maximum atomic E-state index is 5.72. The number of aromatic nitrogens is 2. The first-order chi connectivity index (χ1) is 9.28. The van der Waals surface area contributed by atoms with E-state index in [-0.39, 0.29) is 0 Å². The van der Waals surface area contributed by atoms with Crippen LogP contribution in [-0.4, -0.2) is 22.9 Å². The average molecular weight is 259 g/mol. The second kappa shape index (κ2) is 6.95. The van der Waals surface area contributed by atoms with Gasteiger partial charge in [-0.1, -0.05) is 19.1 Å². The van der Waals surface area contributed by atoms with E-state index in [1.165, 1.54) is 11.1 Å². The Bertz CT molecular complexity index is 490. The van der Waals surface area contributed by atoms with Crippen molar-refractivity contribution in [3.8, 4) is 5.75 Å². The first-order valence-corrected chi connectivity index (χ1v) is 6.68. The molecule has 0 saturated carbocycles. The molecule has 0 saturated heterocycles. The maximum Gasteiger partial charge on any atom is 0.119 e. The van der Waals surface area contributed by atoms with Gasteiger partial charge in [0.1, 0.15) is 5.75 Å². The number of benzene rings is 1. The summed E-state index contributed by atoms with van der Waals surface area (Å²) in [6, 6.07) is 8.25. The number of rotatable bonds is 7. The largest absolute Gasteiger partial charge is 0.493 e. The van der Waals surface area contributed by atoms with Gasteiger partial charge in [-0.3, -0.25) is 4.68 Å². The van der Waals surface area contributed by atoms with E-state index in [9.17, 15) is 0 Å². The highest BCUT2D eigenvalue weighted by molar-refractivity contribution is 5.27. The van der Waals surface area contributed by atoms with Gasteiger partial charge in [0, 0.05) is 26.2 Å². The first kappa shape index (κ1) is 13.6. The summed E-state index contributed by atoms with van der Waals surface area (Å²) in [5.41, 5.74) is 2.48. The molecule has 0 aliphatic carbocycles. The molecule has 4 heteroatoms. The zero-order chi connectivity index (χ0) is 13.5. The molecule has 0 amide bonds. The van der Waals surface area contributed by atoms with E-state index >= 15 is 0 Å². The van der Waals surface area contributed by atoms with Gasteiger partial charge in [0.25, 0.3) is 0 Å². The quantitative estimate of drug-likeness (QED) is 0.828. The number of ether oxygens (including phenoxy) is 1. The Morgan fingerprint density at radius 1 is 1.21 bits per heavy atom. The van der Waals surface area contributed by atoms with Crippen molar-refractivity contribution in [2.24, 2.45) is 7.05 Å². The molecule has 102 valence electrons. The lowest BCUT2D eigenvalue weighted by Crippen LogP contribution is -2.11. The summed E-state index contributed by atoms with van der Waals surface area (Å²) in [5, 5.41) is 7.44. The Kier molecular flexibility index (Phi) is 4.98. The fourth-order valence-electron chi connectivity index (χ4n) is 1.86. The van der Waals surface area contributed by atoms with Gasteiger partial charge in [0.15, 0.2) is 0 Å². The maximum absolute atomic E-state index is 5.72. The lowest BCUT2D eigenvalue weighted by Gasteiger charge is -2.07. The van der Waals surface area contributed by atoms with Crippen molar-refractivity contribution >= 4 is 0 Å². The number of nitrogens with zero attached hydrogens (tertiary/aromatic N) is 2. The molecule has 0 unspecified atom stereocenters. The van der Waals surface area contributed by atoms with Crippen LogP contribution in [0.1, 0.15) is 18.1 Å². The molecule has 0 aliphatic heterocycles. The van der Waals surface area contributed by atoms with Crippen LogP contribution in [0.2, 0.25) is 0 Å². The highest BCUT2D eigenvalue weighted by atomic mass is 16.5. The Balaban J connectivity index is 1.76. The third kappa shape index (κ3) is 4.41. The molecule has 1 heterocycles. The van der Waals surface area contributed by atoms with E-state index < -0.39 is 0 Å². The van der Waals surface area contributed by atoms with Crippen LogP contribution >= 0.6 is 0 Å². The molecule has 2 aromatic rings. The van der Waals surface area contributed by atoms with E-state index in [4.69, 9.17) is 4.74 Å². The first-order valence-electron chi connectivity index (χ1n) is 6.68. The lowest BCUT2D eigenvalue weighted by atomic mass is 10.2. The molecule has 0 atom stereocenters. The zero-order valence-electron chi connectivity index (χ0n) is 11.6. The normalized spacial score (nSPS) is 10.6. The highest BCUT2D eigenvalue weighted by Gasteiger charge is 1.98. The van der Waals surface area contributed by atoms with E-state index in [0.29, 0.717) is 6.61 Å². The predicted molar refractivity (Wildman–Crippen MR) is 76.2 cm³/mol. The zero-order valence-corrected chi connectivity index (χ0v) is 11.6. The lowest BCUT2D eigenvalue weighted by molar-refractivity contribution is 0.322. The van der Waals surface area contributed by atoms with Crippen molar-refractivity contribution in [1.82, 2.24) is 15.1 Å². The number of nitrogens with one attached hydrogen (secondary N) is 1. The molecule has 0 bridgehead atoms. The molecule has 4 nitrogen and oxygen atoms in total. The Morgan fingerprint density at radius 3 is 2.63 bits per heavy atom. The minimum Gasteiger partial charge on any atom is -0.493 e. The molecular weight excluding hydrogens is 238 g/mol. The standard InChI is InChI=1S/C15H21N3O/c1-3-16-10-13-4-6-15(7-5-13)19-9-8-14-11-17-18(2)12-14/h4-7,11-12,16H,3,8-10H2,1-2H3. The van der Waals surface area contributed by atoms with Gasteiger partial charge in [-0.25, -0.2) is 0 Å². The monoisotopic (exact) mass is 259 g/mol. The molecule has 19 heavy (non-hydrogen) atoms. The fourth-order valence-corrected chi connectivity index (χ4v) is 1.86. The van der Waals surface area contributed by atoms with Crippen LogP contribution in [0.25, 0.3) is 0 Å². The predicted octanol–water partition coefficient (Wildman–Crippen LogP) is 2.15. The topological polar surface area (TPSA) is 39.1 Å². The van der Waals surface area contributed by atoms with Crippen molar-refractivity contribution in [1.29, 1.82) is 0 Å². The van der Waals surface area contributed by atoms with Crippen molar-refractivity contribution in [3.05, 3.63) is 47.8 Å². The SMILES string of the molecule is CCNCc1ccc(OCCc2cnn(C)c2)cc1. The van der Waals surface area contributed by atoms with E-state index in [2.05, 4.69) is 29.5 Å². The van der Waals surface area contributed by atoms with Gasteiger partial charge in [0.2, 0.25) is 0 Å². The van der Waals surface area contributed by atoms with E-state index in [1.54, 1.807) is 0 Å². The van der Waals surface area contributed by atoms with Crippen molar-refractivity contribution in [2.75, 3.05) is 13.2 Å². The molecule has 1 aromatic heterocycles. The molecule has 0 spiro atoms. The molecule has 2 rings (SSSR count). The van der Waals surface area contributed by atoms with E-state index in [0.717, 1.165) is 25.3 Å². The van der Waals surface area contributed by atoms with Gasteiger partial charge < -0.3 is 10.1 Å². The molecule has 1 N–H and O–H groups in total. The van der Waals surface area contributed by atoms with Crippen LogP contribution in [-0.2, 0) is 20.0 Å². The number of hydrogen-bond donors (Lipinski definition) is 1. The Labute approximate surface area is 114 Å². The van der Waals surface area contributed by atoms with Crippen LogP contribution in [0.15, 0.2) is 36.7 Å². The van der Waals surface area contributed by atoms with Crippen LogP contribution in [0.4, 0.5) is 0 Å². The Morgan fingerprint density at radius 2 is 2.00 bits per heavy atom. The Hall–Kier alpha value is -1.81. The summed E-state index contributed by atoms with van der Waals surface area (Å²) in [6.45, 7) is 4.68. The van der Waals surface area contributed by atoms with Gasteiger partial charge in [0.05, 0.1) is 12.8 Å². The molecule has 0 radical (unpaired) electrons. The average Bonchev–Trinajstić information content (AvgIpc) is 2.84. The fraction of sp³-hybridized carbons (Fsp3) is 0.400. The van der Waals surface area contributed by atoms with Crippen LogP contribution < -0.4 is 10.1 Å². The van der Waals surface area contributed by atoms with Gasteiger partial charge in [-0.2, -0.15) is 5.10 Å². The number of aryl methyl sites for hydroxylation is 1. The van der Waals surface area contributed by atoms with E-state index in [1.807, 2.05) is 36.3 Å². The third-order valence-corrected chi connectivity index (χ3v) is 2.92. The second-order valence-corrected chi connectivity index (χ2v) is 4.54. The third-order valence-electron chi connectivity index (χ3n) is 2.92. The van der Waals surface area contributed by atoms with Crippen molar-refractivity contribution in [3.63, 3.8) is 0 Å². The van der Waals surface area contributed by atoms with Crippen molar-refractivity contribution < 1.29 is 4.74 Å². The van der Waals surface area contributed by atoms with Gasteiger partial charge in [-0.15, -0.1) is 0 Å². The molecule has 1 aromatic carbocycles. The van der Waals surface area contributed by atoms with Crippen LogP contribution in [0.5, 0.6) is 5.75 Å². The van der Waals surface area contributed by atoms with Crippen LogP contribution in [0, 0.1) is 0 Å². The number of hydrogen-bond acceptors (Lipinski definition) is 3. The van der Waals surface area contributed by atoms with Gasteiger partial charge >= 0.3 is 0 Å². The highest BCUT2D eigenvalue weighted by Crippen LogP contribution is 2.12. The van der Waals surface area contributed by atoms with Gasteiger partial charge in [-0.05, 0) is 29.8 Å². The summed E-state index contributed by atoms with van der Waals surface area (Å²) in [7, 11) is 1.92. The molecular formula is C15H21N3O.